The molecule has 62 valence electrons. The lowest BCUT2D eigenvalue weighted by Crippen LogP contribution is -2.25. The Morgan fingerprint density at radius 1 is 1.73 bits per heavy atom. The van der Waals surface area contributed by atoms with Gasteiger partial charge in [-0.25, -0.2) is 0 Å². The van der Waals surface area contributed by atoms with Crippen molar-refractivity contribution >= 4 is 34.0 Å². The second-order valence-corrected chi connectivity index (χ2v) is 5.41. The molecule has 2 unspecified atom stereocenters. The van der Waals surface area contributed by atoms with E-state index in [2.05, 4.69) is 0 Å². The molecule has 1 aliphatic rings. The minimum Gasteiger partial charge on any atom is -0.258 e. The summed E-state index contributed by atoms with van der Waals surface area (Å²) in [7, 11) is -1.08. The van der Waals surface area contributed by atoms with Crippen LogP contribution in [0.3, 0.4) is 0 Å². The van der Waals surface area contributed by atoms with Gasteiger partial charge in [-0.15, -0.1) is 0 Å². The van der Waals surface area contributed by atoms with Crippen molar-refractivity contribution in [3.63, 3.8) is 0 Å². The fraction of sp³-hybridized carbons (Fsp3) is 0.429. The van der Waals surface area contributed by atoms with Gasteiger partial charge in [0.25, 0.3) is 0 Å². The standard InChI is InChI=1S/C7H8Cl2OS/c1-11(10)7(9)4-2-3-6(8)5-7/h2-4H,5H2,1H3. The van der Waals surface area contributed by atoms with E-state index in [9.17, 15) is 4.21 Å². The van der Waals surface area contributed by atoms with E-state index in [0.29, 0.717) is 11.5 Å². The molecule has 0 aromatic rings. The molecule has 0 aromatic heterocycles. The molecule has 0 aliphatic heterocycles. The highest BCUT2D eigenvalue weighted by atomic mass is 35.5. The SMILES string of the molecule is CS(=O)C1(Cl)C=CC=C(Cl)C1. The molecular weight excluding hydrogens is 203 g/mol. The second-order valence-electron chi connectivity index (χ2n) is 2.39. The lowest BCUT2D eigenvalue weighted by molar-refractivity contribution is 0.675. The van der Waals surface area contributed by atoms with Crippen LogP contribution in [0.25, 0.3) is 0 Å². The first kappa shape index (κ1) is 9.30. The second kappa shape index (κ2) is 3.30. The largest absolute Gasteiger partial charge is 0.258 e. The minimum absolute atomic E-state index is 0.454. The van der Waals surface area contributed by atoms with E-state index in [1.165, 1.54) is 0 Å². The molecule has 0 spiro atoms. The van der Waals surface area contributed by atoms with Crippen LogP contribution in [0.2, 0.25) is 0 Å². The third kappa shape index (κ3) is 2.08. The maximum absolute atomic E-state index is 11.1. The van der Waals surface area contributed by atoms with Crippen molar-refractivity contribution in [3.05, 3.63) is 23.3 Å². The average Bonchev–Trinajstić information content (AvgIpc) is 1.86. The zero-order valence-corrected chi connectivity index (χ0v) is 8.34. The van der Waals surface area contributed by atoms with Crippen LogP contribution >= 0.6 is 23.2 Å². The Kier molecular flexibility index (Phi) is 2.79. The Hall–Kier alpha value is 0.210. The van der Waals surface area contributed by atoms with E-state index >= 15 is 0 Å². The molecule has 4 heteroatoms. The smallest absolute Gasteiger partial charge is 0.142 e. The van der Waals surface area contributed by atoms with Crippen LogP contribution in [0.1, 0.15) is 6.42 Å². The summed E-state index contributed by atoms with van der Waals surface area (Å²) in [6.45, 7) is 0. The summed E-state index contributed by atoms with van der Waals surface area (Å²) in [5.41, 5.74) is 0. The molecule has 1 aliphatic carbocycles. The number of allylic oxidation sites excluding steroid dienone is 3. The predicted molar refractivity (Wildman–Crippen MR) is 50.3 cm³/mol. The highest BCUT2D eigenvalue weighted by Crippen LogP contribution is 2.33. The summed E-state index contributed by atoms with van der Waals surface area (Å²) in [5.74, 6) is 0. The molecule has 0 fully saturated rings. The van der Waals surface area contributed by atoms with Crippen molar-refractivity contribution in [1.29, 1.82) is 0 Å². The van der Waals surface area contributed by atoms with Gasteiger partial charge in [0.2, 0.25) is 0 Å². The van der Waals surface area contributed by atoms with Gasteiger partial charge in [-0.1, -0.05) is 35.4 Å². The van der Waals surface area contributed by atoms with Crippen LogP contribution in [0, 0.1) is 0 Å². The Balaban J connectivity index is 2.86. The van der Waals surface area contributed by atoms with Gasteiger partial charge < -0.3 is 0 Å². The zero-order valence-electron chi connectivity index (χ0n) is 6.01. The third-order valence-electron chi connectivity index (χ3n) is 1.51. The first-order valence-electron chi connectivity index (χ1n) is 3.11. The molecule has 0 bridgehead atoms. The molecule has 1 nitrogen and oxygen atoms in total. The topological polar surface area (TPSA) is 17.1 Å². The molecule has 0 heterocycles. The van der Waals surface area contributed by atoms with Gasteiger partial charge in [0.05, 0.1) is 0 Å². The van der Waals surface area contributed by atoms with Gasteiger partial charge >= 0.3 is 0 Å². The molecule has 1 rings (SSSR count). The van der Waals surface area contributed by atoms with Crippen molar-refractivity contribution < 1.29 is 4.21 Å². The van der Waals surface area contributed by atoms with E-state index in [4.69, 9.17) is 23.2 Å². The Bertz CT molecular complexity index is 247. The third-order valence-corrected chi connectivity index (χ3v) is 3.92. The van der Waals surface area contributed by atoms with Crippen LogP contribution in [0.5, 0.6) is 0 Å². The van der Waals surface area contributed by atoms with Gasteiger partial charge in [0, 0.05) is 28.5 Å². The Morgan fingerprint density at radius 3 is 2.73 bits per heavy atom. The normalized spacial score (nSPS) is 33.2. The van der Waals surface area contributed by atoms with Crippen molar-refractivity contribution in [2.75, 3.05) is 6.26 Å². The molecule has 0 radical (unpaired) electrons. The molecule has 11 heavy (non-hydrogen) atoms. The average molecular weight is 211 g/mol. The fourth-order valence-corrected chi connectivity index (χ4v) is 2.12. The van der Waals surface area contributed by atoms with Crippen LogP contribution in [-0.4, -0.2) is 14.7 Å². The lowest BCUT2D eigenvalue weighted by Gasteiger charge is -2.22. The van der Waals surface area contributed by atoms with Crippen LogP contribution in [0.4, 0.5) is 0 Å². The first-order chi connectivity index (χ1) is 5.04. The van der Waals surface area contributed by atoms with Crippen molar-refractivity contribution in [3.8, 4) is 0 Å². The minimum atomic E-state index is -1.08. The van der Waals surface area contributed by atoms with Gasteiger partial charge in [-0.05, 0) is 6.08 Å². The molecule has 0 amide bonds. The molecule has 0 saturated carbocycles. The highest BCUT2D eigenvalue weighted by molar-refractivity contribution is 7.87. The van der Waals surface area contributed by atoms with Gasteiger partial charge in [0.15, 0.2) is 0 Å². The number of hydrogen-bond acceptors (Lipinski definition) is 1. The van der Waals surface area contributed by atoms with E-state index in [1.54, 1.807) is 24.5 Å². The monoisotopic (exact) mass is 210 g/mol. The summed E-state index contributed by atoms with van der Waals surface area (Å²) in [5, 5.41) is 0.651. The molecule has 0 saturated heterocycles. The molecular formula is C7H8Cl2OS. The van der Waals surface area contributed by atoms with Crippen molar-refractivity contribution in [2.24, 2.45) is 0 Å². The Morgan fingerprint density at radius 2 is 2.36 bits per heavy atom. The molecule has 0 N–H and O–H groups in total. The number of hydrogen-bond donors (Lipinski definition) is 0. The molecule has 2 atom stereocenters. The Labute approximate surface area is 78.5 Å². The van der Waals surface area contributed by atoms with Crippen LogP contribution < -0.4 is 0 Å². The fourth-order valence-electron chi connectivity index (χ4n) is 0.842. The van der Waals surface area contributed by atoms with Crippen molar-refractivity contribution in [1.82, 2.24) is 0 Å². The van der Waals surface area contributed by atoms with Crippen molar-refractivity contribution in [2.45, 2.75) is 10.6 Å². The van der Waals surface area contributed by atoms with Crippen LogP contribution in [0.15, 0.2) is 23.3 Å². The van der Waals surface area contributed by atoms with E-state index in [1.807, 2.05) is 0 Å². The van der Waals surface area contributed by atoms with E-state index < -0.39 is 15.0 Å². The summed E-state index contributed by atoms with van der Waals surface area (Å²) in [6, 6.07) is 0. The quantitative estimate of drug-likeness (QED) is 0.608. The van der Waals surface area contributed by atoms with Gasteiger partial charge in [-0.2, -0.15) is 0 Å². The van der Waals surface area contributed by atoms with Gasteiger partial charge in [-0.3, -0.25) is 4.21 Å². The number of alkyl halides is 1. The highest BCUT2D eigenvalue weighted by Gasteiger charge is 2.30. The molecule has 0 aromatic carbocycles. The maximum Gasteiger partial charge on any atom is 0.142 e. The predicted octanol–water partition coefficient (Wildman–Crippen LogP) is 2.38. The summed E-state index contributed by atoms with van der Waals surface area (Å²) >= 11 is 11.7. The number of halogens is 2. The maximum atomic E-state index is 11.1. The summed E-state index contributed by atoms with van der Waals surface area (Å²) < 4.78 is 10.3. The summed E-state index contributed by atoms with van der Waals surface area (Å²) in [6.07, 6.45) is 7.24. The summed E-state index contributed by atoms with van der Waals surface area (Å²) in [4.78, 5) is 0. The van der Waals surface area contributed by atoms with Gasteiger partial charge in [0.1, 0.15) is 4.21 Å². The number of rotatable bonds is 1. The first-order valence-corrected chi connectivity index (χ1v) is 5.42. The van der Waals surface area contributed by atoms with Crippen LogP contribution in [-0.2, 0) is 10.8 Å². The van der Waals surface area contributed by atoms with E-state index in [-0.39, 0.29) is 0 Å². The van der Waals surface area contributed by atoms with E-state index in [0.717, 1.165) is 0 Å². The lowest BCUT2D eigenvalue weighted by atomic mass is 10.2. The zero-order chi connectivity index (χ0) is 8.48.